The van der Waals surface area contributed by atoms with Gasteiger partial charge in [0.05, 0.1) is 21.2 Å². The molecule has 1 unspecified atom stereocenters. The van der Waals surface area contributed by atoms with Gasteiger partial charge in [0, 0.05) is 5.69 Å². The van der Waals surface area contributed by atoms with Gasteiger partial charge in [-0.2, -0.15) is 18.6 Å². The molecule has 0 saturated heterocycles. The minimum atomic E-state index is -4.54. The fourth-order valence-electron chi connectivity index (χ4n) is 1.77. The van der Waals surface area contributed by atoms with E-state index in [0.29, 0.717) is 11.4 Å². The molecule has 1 atom stereocenters. The highest BCUT2D eigenvalue weighted by Gasteiger charge is 2.14. The van der Waals surface area contributed by atoms with Gasteiger partial charge in [0.25, 0.3) is 10.1 Å². The molecule has 8 nitrogen and oxygen atoms in total. The van der Waals surface area contributed by atoms with E-state index in [-0.39, 0.29) is 10.6 Å². The van der Waals surface area contributed by atoms with E-state index in [1.807, 2.05) is 0 Å². The van der Waals surface area contributed by atoms with Crippen molar-refractivity contribution in [2.24, 2.45) is 10.2 Å². The summed E-state index contributed by atoms with van der Waals surface area (Å²) in [6.45, 7) is 1.77. The number of hydrogen-bond donors (Lipinski definition) is 3. The second kappa shape index (κ2) is 6.54. The number of aryl methyl sites for hydroxylation is 1. The lowest BCUT2D eigenvalue weighted by Gasteiger charge is -2.03. The summed E-state index contributed by atoms with van der Waals surface area (Å²) in [6.07, 6.45) is 0. The molecule has 0 saturated carbocycles. The molecule has 0 fully saturated rings. The number of anilines is 1. The highest BCUT2D eigenvalue weighted by atomic mass is 32.2. The van der Waals surface area contributed by atoms with Crippen molar-refractivity contribution in [1.82, 2.24) is 0 Å². The SMILES string of the molecule is Cc1cc(N)ccc1N=Nc1cc(S(=O)O)cc(S(=O)(=O)O)c1. The van der Waals surface area contributed by atoms with E-state index < -0.39 is 26.1 Å². The van der Waals surface area contributed by atoms with E-state index in [2.05, 4.69) is 10.2 Å². The fourth-order valence-corrected chi connectivity index (χ4v) is 2.84. The van der Waals surface area contributed by atoms with Crippen molar-refractivity contribution < 1.29 is 21.7 Å². The third-order valence-corrected chi connectivity index (χ3v) is 4.33. The normalized spacial score (nSPS) is 13.3. The van der Waals surface area contributed by atoms with E-state index in [4.69, 9.17) is 14.8 Å². The second-order valence-electron chi connectivity index (χ2n) is 4.63. The van der Waals surface area contributed by atoms with Crippen LogP contribution in [0, 0.1) is 6.92 Å². The van der Waals surface area contributed by atoms with Gasteiger partial charge in [-0.3, -0.25) is 4.55 Å². The van der Waals surface area contributed by atoms with E-state index in [9.17, 15) is 12.6 Å². The van der Waals surface area contributed by atoms with Crippen LogP contribution in [-0.2, 0) is 21.2 Å². The molecule has 4 N–H and O–H groups in total. The summed E-state index contributed by atoms with van der Waals surface area (Å²) < 4.78 is 51.8. The van der Waals surface area contributed by atoms with Crippen molar-refractivity contribution in [2.75, 3.05) is 5.73 Å². The second-order valence-corrected chi connectivity index (χ2v) is 7.02. The van der Waals surface area contributed by atoms with Gasteiger partial charge in [0.15, 0.2) is 11.1 Å². The molecule has 0 aliphatic carbocycles. The molecule has 0 aromatic heterocycles. The van der Waals surface area contributed by atoms with Gasteiger partial charge < -0.3 is 10.3 Å². The Morgan fingerprint density at radius 1 is 1.13 bits per heavy atom. The molecule has 0 spiro atoms. The molecule has 10 heteroatoms. The van der Waals surface area contributed by atoms with Crippen molar-refractivity contribution in [1.29, 1.82) is 0 Å². The summed E-state index contributed by atoms with van der Waals surface area (Å²) in [4.78, 5) is -0.761. The zero-order chi connectivity index (χ0) is 17.2. The third-order valence-electron chi connectivity index (χ3n) is 2.86. The van der Waals surface area contributed by atoms with Crippen molar-refractivity contribution in [2.45, 2.75) is 16.7 Å². The maximum atomic E-state index is 11.2. The highest BCUT2D eigenvalue weighted by Crippen LogP contribution is 2.27. The first kappa shape index (κ1) is 17.2. The van der Waals surface area contributed by atoms with Gasteiger partial charge in [-0.15, -0.1) is 0 Å². The first-order valence-electron chi connectivity index (χ1n) is 6.18. The Labute approximate surface area is 135 Å². The van der Waals surface area contributed by atoms with E-state index in [0.717, 1.165) is 17.7 Å². The minimum absolute atomic E-state index is 0.00810. The fraction of sp³-hybridized carbons (Fsp3) is 0.0769. The van der Waals surface area contributed by atoms with Crippen molar-refractivity contribution in [3.8, 4) is 0 Å². The van der Waals surface area contributed by atoms with Gasteiger partial charge in [-0.05, 0) is 48.9 Å². The molecular weight excluding hydrogens is 342 g/mol. The first-order chi connectivity index (χ1) is 10.7. The van der Waals surface area contributed by atoms with E-state index in [1.54, 1.807) is 25.1 Å². The summed E-state index contributed by atoms with van der Waals surface area (Å²) in [5.74, 6) is 0. The maximum absolute atomic E-state index is 11.2. The summed E-state index contributed by atoms with van der Waals surface area (Å²) in [5.41, 5.74) is 7.46. The number of nitrogen functional groups attached to an aromatic ring is 1. The van der Waals surface area contributed by atoms with Crippen LogP contribution in [0.1, 0.15) is 5.56 Å². The van der Waals surface area contributed by atoms with Crippen LogP contribution in [0.5, 0.6) is 0 Å². The predicted octanol–water partition coefficient (Wildman–Crippen LogP) is 2.82. The largest absolute Gasteiger partial charge is 0.399 e. The summed E-state index contributed by atoms with van der Waals surface area (Å²) in [6, 6.07) is 8.08. The monoisotopic (exact) mass is 355 g/mol. The zero-order valence-corrected chi connectivity index (χ0v) is 13.5. The molecule has 2 aromatic rings. The molecule has 0 radical (unpaired) electrons. The van der Waals surface area contributed by atoms with Gasteiger partial charge in [0.2, 0.25) is 0 Å². The molecule has 0 aliphatic heterocycles. The molecule has 2 aromatic carbocycles. The van der Waals surface area contributed by atoms with Crippen LogP contribution in [0.4, 0.5) is 17.1 Å². The maximum Gasteiger partial charge on any atom is 0.294 e. The van der Waals surface area contributed by atoms with Crippen LogP contribution in [0.25, 0.3) is 0 Å². The number of rotatable bonds is 4. The average molecular weight is 355 g/mol. The smallest absolute Gasteiger partial charge is 0.294 e. The lowest BCUT2D eigenvalue weighted by molar-refractivity contribution is 0.483. The molecule has 0 amide bonds. The number of nitrogens with zero attached hydrogens (tertiary/aromatic N) is 2. The van der Waals surface area contributed by atoms with Crippen LogP contribution < -0.4 is 5.73 Å². The summed E-state index contributed by atoms with van der Waals surface area (Å²) in [5, 5.41) is 7.80. The predicted molar refractivity (Wildman–Crippen MR) is 85.1 cm³/mol. The Bertz CT molecular complexity index is 910. The molecule has 0 heterocycles. The Hall–Kier alpha value is -2.14. The standard InChI is InChI=1S/C13H13N3O5S2/c1-8-4-9(14)2-3-13(8)16-15-10-5-11(22(17)18)7-12(6-10)23(19,20)21/h2-7H,14H2,1H3,(H,17,18)(H,19,20,21). The molecule has 0 bridgehead atoms. The number of azo groups is 1. The molecule has 0 aliphatic rings. The van der Waals surface area contributed by atoms with E-state index >= 15 is 0 Å². The van der Waals surface area contributed by atoms with Gasteiger partial charge in [-0.25, -0.2) is 4.21 Å². The van der Waals surface area contributed by atoms with E-state index in [1.165, 1.54) is 6.07 Å². The molecule has 23 heavy (non-hydrogen) atoms. The molecular formula is C13H13N3O5S2. The Balaban J connectivity index is 2.48. The van der Waals surface area contributed by atoms with Crippen LogP contribution in [0.2, 0.25) is 0 Å². The Morgan fingerprint density at radius 2 is 1.83 bits per heavy atom. The zero-order valence-electron chi connectivity index (χ0n) is 11.9. The van der Waals surface area contributed by atoms with Crippen molar-refractivity contribution >= 4 is 38.3 Å². The summed E-state index contributed by atoms with van der Waals surface area (Å²) >= 11 is -2.43. The van der Waals surface area contributed by atoms with Crippen LogP contribution in [-0.4, -0.2) is 21.7 Å². The minimum Gasteiger partial charge on any atom is -0.399 e. The van der Waals surface area contributed by atoms with Crippen LogP contribution in [0.3, 0.4) is 0 Å². The van der Waals surface area contributed by atoms with Crippen LogP contribution >= 0.6 is 0 Å². The number of nitrogens with two attached hydrogens (primary N) is 1. The van der Waals surface area contributed by atoms with Crippen molar-refractivity contribution in [3.63, 3.8) is 0 Å². The third kappa shape index (κ3) is 4.42. The average Bonchev–Trinajstić information content (AvgIpc) is 2.45. The number of hydrogen-bond acceptors (Lipinski definition) is 6. The van der Waals surface area contributed by atoms with Crippen LogP contribution in [0.15, 0.2) is 56.4 Å². The number of benzene rings is 2. The quantitative estimate of drug-likeness (QED) is 0.333. The molecule has 122 valence electrons. The van der Waals surface area contributed by atoms with Gasteiger partial charge in [-0.1, -0.05) is 0 Å². The Kier molecular flexibility index (Phi) is 4.90. The Morgan fingerprint density at radius 3 is 2.39 bits per heavy atom. The van der Waals surface area contributed by atoms with Gasteiger partial charge >= 0.3 is 0 Å². The van der Waals surface area contributed by atoms with Crippen molar-refractivity contribution in [3.05, 3.63) is 42.0 Å². The highest BCUT2D eigenvalue weighted by molar-refractivity contribution is 7.86. The first-order valence-corrected chi connectivity index (χ1v) is 8.73. The lowest BCUT2D eigenvalue weighted by atomic mass is 10.2. The molecule has 2 rings (SSSR count). The summed E-state index contributed by atoms with van der Waals surface area (Å²) in [7, 11) is -4.54. The lowest BCUT2D eigenvalue weighted by Crippen LogP contribution is -1.99. The van der Waals surface area contributed by atoms with Gasteiger partial charge in [0.1, 0.15) is 0 Å². The topological polar surface area (TPSA) is 142 Å².